The second kappa shape index (κ2) is 6.07. The Balaban J connectivity index is 2.28. The van der Waals surface area contributed by atoms with Crippen LogP contribution in [0.4, 0.5) is 24.8 Å². The highest BCUT2D eigenvalue weighted by Gasteiger charge is 2.36. The summed E-state index contributed by atoms with van der Waals surface area (Å²) >= 11 is 0. The number of alkyl halides is 3. The van der Waals surface area contributed by atoms with E-state index in [9.17, 15) is 13.2 Å². The Kier molecular flexibility index (Phi) is 4.58. The highest BCUT2D eigenvalue weighted by Crippen LogP contribution is 2.32. The van der Waals surface area contributed by atoms with Crippen LogP contribution in [0.1, 0.15) is 33.0 Å². The molecule has 1 aliphatic rings. The molecule has 0 amide bonds. The van der Waals surface area contributed by atoms with Crippen molar-refractivity contribution in [3.63, 3.8) is 0 Å². The average Bonchev–Trinajstić information content (AvgIpc) is 2.87. The van der Waals surface area contributed by atoms with Gasteiger partial charge in [0, 0.05) is 25.7 Å². The molecule has 0 aliphatic carbocycles. The van der Waals surface area contributed by atoms with Crippen LogP contribution in [0.2, 0.25) is 0 Å². The van der Waals surface area contributed by atoms with Gasteiger partial charge in [-0.3, -0.25) is 0 Å². The summed E-state index contributed by atoms with van der Waals surface area (Å²) in [6.45, 7) is 8.10. The Morgan fingerprint density at radius 3 is 2.62 bits per heavy atom. The van der Waals surface area contributed by atoms with E-state index in [0.717, 1.165) is 19.5 Å². The molecule has 0 bridgehead atoms. The van der Waals surface area contributed by atoms with Crippen molar-refractivity contribution in [2.45, 2.75) is 33.4 Å². The first-order chi connectivity index (χ1) is 9.81. The van der Waals surface area contributed by atoms with E-state index in [0.29, 0.717) is 24.2 Å². The van der Waals surface area contributed by atoms with E-state index in [-0.39, 0.29) is 5.82 Å². The smallest absolute Gasteiger partial charge is 0.370 e. The molecule has 1 N–H and O–H groups in total. The molecule has 1 saturated heterocycles. The van der Waals surface area contributed by atoms with Gasteiger partial charge >= 0.3 is 6.18 Å². The van der Waals surface area contributed by atoms with Crippen LogP contribution in [0.3, 0.4) is 0 Å². The summed E-state index contributed by atoms with van der Waals surface area (Å²) in [5.41, 5.74) is 0. The Bertz CT molecular complexity index is 488. The molecule has 1 aromatic rings. The van der Waals surface area contributed by atoms with Crippen molar-refractivity contribution in [1.29, 1.82) is 0 Å². The number of hydrogen-bond acceptors (Lipinski definition) is 4. The molecule has 0 saturated carbocycles. The van der Waals surface area contributed by atoms with Gasteiger partial charge in [-0.05, 0) is 25.2 Å². The van der Waals surface area contributed by atoms with Gasteiger partial charge in [0.05, 0.1) is 0 Å². The molecular formula is C14H21F3N4. The minimum absolute atomic E-state index is 0.225. The first-order valence-corrected chi connectivity index (χ1v) is 7.26. The van der Waals surface area contributed by atoms with Gasteiger partial charge in [-0.15, -0.1) is 0 Å². The fraction of sp³-hybridized carbons (Fsp3) is 0.714. The van der Waals surface area contributed by atoms with Crippen molar-refractivity contribution in [2.24, 2.45) is 11.8 Å². The summed E-state index contributed by atoms with van der Waals surface area (Å²) in [4.78, 5) is 9.18. The molecule has 0 aromatic carbocycles. The molecule has 1 aliphatic heterocycles. The molecule has 7 heteroatoms. The summed E-state index contributed by atoms with van der Waals surface area (Å²) in [5.74, 6) is 0.521. The molecule has 4 nitrogen and oxygen atoms in total. The number of hydrogen-bond donors (Lipinski definition) is 1. The van der Waals surface area contributed by atoms with E-state index in [2.05, 4.69) is 29.1 Å². The van der Waals surface area contributed by atoms with Crippen molar-refractivity contribution < 1.29 is 13.2 Å². The second-order valence-corrected chi connectivity index (χ2v) is 5.70. The Labute approximate surface area is 122 Å². The lowest BCUT2D eigenvalue weighted by Gasteiger charge is -2.20. The van der Waals surface area contributed by atoms with Gasteiger partial charge in [-0.25, -0.2) is 9.97 Å². The second-order valence-electron chi connectivity index (χ2n) is 5.70. The van der Waals surface area contributed by atoms with Crippen molar-refractivity contribution in [1.82, 2.24) is 9.97 Å². The van der Waals surface area contributed by atoms with Crippen molar-refractivity contribution in [3.8, 4) is 0 Å². The van der Waals surface area contributed by atoms with E-state index in [4.69, 9.17) is 0 Å². The summed E-state index contributed by atoms with van der Waals surface area (Å²) in [7, 11) is 0. The maximum absolute atomic E-state index is 12.9. The van der Waals surface area contributed by atoms with Crippen LogP contribution in [-0.4, -0.2) is 29.6 Å². The fourth-order valence-electron chi connectivity index (χ4n) is 2.53. The van der Waals surface area contributed by atoms with Gasteiger partial charge < -0.3 is 10.2 Å². The van der Waals surface area contributed by atoms with Crippen LogP contribution >= 0.6 is 0 Å². The molecule has 2 rings (SSSR count). The first kappa shape index (κ1) is 15.9. The normalized spacial score (nSPS) is 19.4. The summed E-state index contributed by atoms with van der Waals surface area (Å²) in [6.07, 6.45) is -3.54. The zero-order valence-corrected chi connectivity index (χ0v) is 12.5. The molecule has 0 spiro atoms. The molecular weight excluding hydrogens is 281 g/mol. The van der Waals surface area contributed by atoms with Gasteiger partial charge in [0.25, 0.3) is 0 Å². The average molecular weight is 302 g/mol. The molecule has 2 heterocycles. The minimum Gasteiger partial charge on any atom is -0.370 e. The molecule has 1 aromatic heterocycles. The third kappa shape index (κ3) is 3.77. The summed E-state index contributed by atoms with van der Waals surface area (Å²) in [6, 6.07) is 1.60. The maximum atomic E-state index is 12.9. The molecule has 21 heavy (non-hydrogen) atoms. The molecule has 1 unspecified atom stereocenters. The lowest BCUT2D eigenvalue weighted by molar-refractivity contribution is -0.144. The Morgan fingerprint density at radius 2 is 2.10 bits per heavy atom. The standard InChI is InChI=1S/C14H21F3N4/c1-4-18-11-7-12(20-13(19-11)14(15,16)17)21-6-5-10(8-21)9(2)3/h7,9-10H,4-6,8H2,1-3H3,(H,18,19,20). The van der Waals surface area contributed by atoms with Crippen molar-refractivity contribution >= 4 is 11.6 Å². The van der Waals surface area contributed by atoms with Crippen LogP contribution < -0.4 is 10.2 Å². The zero-order valence-electron chi connectivity index (χ0n) is 12.5. The summed E-state index contributed by atoms with van der Waals surface area (Å²) in [5, 5.41) is 2.84. The first-order valence-electron chi connectivity index (χ1n) is 7.26. The number of rotatable bonds is 4. The van der Waals surface area contributed by atoms with Crippen LogP contribution in [-0.2, 0) is 6.18 Å². The highest BCUT2D eigenvalue weighted by molar-refractivity contribution is 5.50. The van der Waals surface area contributed by atoms with Crippen LogP contribution in [0.25, 0.3) is 0 Å². The molecule has 118 valence electrons. The van der Waals surface area contributed by atoms with E-state index in [1.165, 1.54) is 0 Å². The monoisotopic (exact) mass is 302 g/mol. The predicted molar refractivity (Wildman–Crippen MR) is 76.4 cm³/mol. The topological polar surface area (TPSA) is 41.0 Å². The molecule has 1 fully saturated rings. The number of nitrogens with one attached hydrogen (secondary N) is 1. The quantitative estimate of drug-likeness (QED) is 0.925. The van der Waals surface area contributed by atoms with Gasteiger partial charge in [0.1, 0.15) is 11.6 Å². The number of halogens is 3. The van der Waals surface area contributed by atoms with Crippen molar-refractivity contribution in [3.05, 3.63) is 11.9 Å². The highest BCUT2D eigenvalue weighted by atomic mass is 19.4. The minimum atomic E-state index is -4.53. The van der Waals surface area contributed by atoms with E-state index in [1.807, 2.05) is 11.8 Å². The SMILES string of the molecule is CCNc1cc(N2CCC(C(C)C)C2)nc(C(F)(F)F)n1. The lowest BCUT2D eigenvalue weighted by atomic mass is 9.95. The number of nitrogens with zero attached hydrogens (tertiary/aromatic N) is 3. The van der Waals surface area contributed by atoms with Crippen LogP contribution in [0, 0.1) is 11.8 Å². The zero-order chi connectivity index (χ0) is 15.6. The third-order valence-electron chi connectivity index (χ3n) is 3.82. The summed E-state index contributed by atoms with van der Waals surface area (Å²) < 4.78 is 38.7. The van der Waals surface area contributed by atoms with E-state index < -0.39 is 12.0 Å². The van der Waals surface area contributed by atoms with Gasteiger partial charge in [0.15, 0.2) is 0 Å². The van der Waals surface area contributed by atoms with Gasteiger partial charge in [0.2, 0.25) is 5.82 Å². The molecule has 0 radical (unpaired) electrons. The van der Waals surface area contributed by atoms with Crippen LogP contribution in [0.15, 0.2) is 6.07 Å². The van der Waals surface area contributed by atoms with E-state index >= 15 is 0 Å². The number of anilines is 2. The Hall–Kier alpha value is -1.53. The fourth-order valence-corrected chi connectivity index (χ4v) is 2.53. The van der Waals surface area contributed by atoms with E-state index in [1.54, 1.807) is 6.07 Å². The van der Waals surface area contributed by atoms with Gasteiger partial charge in [-0.2, -0.15) is 13.2 Å². The number of aromatic nitrogens is 2. The van der Waals surface area contributed by atoms with Gasteiger partial charge in [-0.1, -0.05) is 13.8 Å². The van der Waals surface area contributed by atoms with Crippen LogP contribution in [0.5, 0.6) is 0 Å². The van der Waals surface area contributed by atoms with Crippen molar-refractivity contribution in [2.75, 3.05) is 29.9 Å². The predicted octanol–water partition coefficient (Wildman–Crippen LogP) is 3.41. The lowest BCUT2D eigenvalue weighted by Crippen LogP contribution is -2.24. The Morgan fingerprint density at radius 1 is 1.38 bits per heavy atom. The third-order valence-corrected chi connectivity index (χ3v) is 3.82. The largest absolute Gasteiger partial charge is 0.451 e. The maximum Gasteiger partial charge on any atom is 0.451 e. The molecule has 1 atom stereocenters.